The second-order valence-electron chi connectivity index (χ2n) is 4.99. The molecule has 1 atom stereocenters. The molecule has 0 spiro atoms. The Bertz CT molecular complexity index is 412. The maximum Gasteiger partial charge on any atom is 0.156 e. The van der Waals surface area contributed by atoms with Crippen molar-refractivity contribution in [2.45, 2.75) is 25.0 Å². The zero-order valence-corrected chi connectivity index (χ0v) is 13.4. The minimum atomic E-state index is -0.777. The number of hydrogen-bond acceptors (Lipinski definition) is 4. The highest BCUT2D eigenvalue weighted by Gasteiger charge is 2.31. The molecule has 0 aliphatic rings. The van der Waals surface area contributed by atoms with Gasteiger partial charge in [-0.3, -0.25) is 0 Å². The van der Waals surface area contributed by atoms with Gasteiger partial charge in [-0.2, -0.15) is 0 Å². The average Bonchev–Trinajstić information content (AvgIpc) is 2.49. The summed E-state index contributed by atoms with van der Waals surface area (Å²) in [6, 6.07) is 5.02. The van der Waals surface area contributed by atoms with E-state index in [4.69, 9.17) is 27.9 Å². The standard InChI is InChI=1S/C14H21Cl2NO4/c1-2-14(8-18,9-19)17-6-10(20)7-21-13-11(15)4-3-5-12(13)16/h3-5,10,17-20H,2,6-9H2,1H3/p+1/t10-/m0/s1. The summed E-state index contributed by atoms with van der Waals surface area (Å²) in [4.78, 5) is 0. The zero-order valence-electron chi connectivity index (χ0n) is 11.9. The fraction of sp³-hybridized carbons (Fsp3) is 0.571. The molecule has 1 aromatic carbocycles. The van der Waals surface area contributed by atoms with Gasteiger partial charge in [0.25, 0.3) is 0 Å². The fourth-order valence-electron chi connectivity index (χ4n) is 1.80. The molecular formula is C14H22Cl2NO4+. The van der Waals surface area contributed by atoms with Crippen LogP contribution in [0.2, 0.25) is 10.0 Å². The third-order valence-electron chi connectivity index (χ3n) is 3.50. The van der Waals surface area contributed by atoms with Crippen LogP contribution in [0, 0.1) is 0 Å². The summed E-state index contributed by atoms with van der Waals surface area (Å²) in [5.74, 6) is 0.339. The molecule has 0 aliphatic carbocycles. The third kappa shape index (κ3) is 5.29. The van der Waals surface area contributed by atoms with E-state index in [2.05, 4.69) is 0 Å². The predicted molar refractivity (Wildman–Crippen MR) is 81.9 cm³/mol. The number of ether oxygens (including phenoxy) is 1. The zero-order chi connectivity index (χ0) is 15.9. The Morgan fingerprint density at radius 3 is 2.29 bits per heavy atom. The minimum absolute atomic E-state index is 0.0244. The highest BCUT2D eigenvalue weighted by Crippen LogP contribution is 2.32. The molecular weight excluding hydrogens is 317 g/mol. The van der Waals surface area contributed by atoms with E-state index in [1.807, 2.05) is 6.92 Å². The van der Waals surface area contributed by atoms with Crippen molar-refractivity contribution in [3.63, 3.8) is 0 Å². The topological polar surface area (TPSA) is 86.5 Å². The Morgan fingerprint density at radius 2 is 1.81 bits per heavy atom. The van der Waals surface area contributed by atoms with Gasteiger partial charge in [0, 0.05) is 6.42 Å². The molecule has 0 saturated carbocycles. The maximum atomic E-state index is 9.94. The molecule has 0 heterocycles. The Kier molecular flexibility index (Phi) is 7.73. The Balaban J connectivity index is 2.49. The molecule has 0 saturated heterocycles. The first-order chi connectivity index (χ1) is 9.98. The lowest BCUT2D eigenvalue weighted by Gasteiger charge is -2.27. The van der Waals surface area contributed by atoms with Crippen LogP contribution >= 0.6 is 23.2 Å². The van der Waals surface area contributed by atoms with Gasteiger partial charge in [-0.05, 0) is 12.1 Å². The van der Waals surface area contributed by atoms with Crippen LogP contribution in [0.15, 0.2) is 18.2 Å². The normalized spacial score (nSPS) is 13.2. The van der Waals surface area contributed by atoms with Crippen molar-refractivity contribution in [1.82, 2.24) is 0 Å². The number of para-hydroxylation sites is 1. The number of hydrogen-bond donors (Lipinski definition) is 4. The third-order valence-corrected chi connectivity index (χ3v) is 4.09. The molecule has 5 N–H and O–H groups in total. The second kappa shape index (κ2) is 8.78. The molecule has 0 unspecified atom stereocenters. The molecule has 7 heteroatoms. The second-order valence-corrected chi connectivity index (χ2v) is 5.80. The van der Waals surface area contributed by atoms with Crippen LogP contribution in [0.1, 0.15) is 13.3 Å². The van der Waals surface area contributed by atoms with E-state index >= 15 is 0 Å². The molecule has 0 bridgehead atoms. The SMILES string of the molecule is CCC(CO)(CO)[NH2+]C[C@H](O)COc1c(Cl)cccc1Cl. The van der Waals surface area contributed by atoms with Gasteiger partial charge >= 0.3 is 0 Å². The van der Waals surface area contributed by atoms with E-state index in [-0.39, 0.29) is 26.4 Å². The molecule has 21 heavy (non-hydrogen) atoms. The summed E-state index contributed by atoms with van der Waals surface area (Å²) in [6.07, 6.45) is -0.189. The number of aliphatic hydroxyl groups excluding tert-OH is 3. The van der Waals surface area contributed by atoms with Crippen molar-refractivity contribution in [3.05, 3.63) is 28.2 Å². The van der Waals surface area contributed by atoms with Crippen LogP contribution in [0.5, 0.6) is 5.75 Å². The van der Waals surface area contributed by atoms with Crippen molar-refractivity contribution in [2.75, 3.05) is 26.4 Å². The first-order valence-corrected chi connectivity index (χ1v) is 7.54. The van der Waals surface area contributed by atoms with Crippen molar-refractivity contribution in [1.29, 1.82) is 0 Å². The summed E-state index contributed by atoms with van der Waals surface area (Å²) in [5.41, 5.74) is -0.678. The summed E-state index contributed by atoms with van der Waals surface area (Å²) in [6.45, 7) is 1.86. The monoisotopic (exact) mass is 338 g/mol. The van der Waals surface area contributed by atoms with E-state index in [0.717, 1.165) is 0 Å². The predicted octanol–water partition coefficient (Wildman–Crippen LogP) is 0.430. The van der Waals surface area contributed by atoms with Gasteiger partial charge in [0.05, 0.1) is 10.0 Å². The molecule has 1 rings (SSSR count). The van der Waals surface area contributed by atoms with E-state index in [1.165, 1.54) is 0 Å². The average molecular weight is 339 g/mol. The highest BCUT2D eigenvalue weighted by atomic mass is 35.5. The van der Waals surface area contributed by atoms with E-state index in [1.54, 1.807) is 23.5 Å². The maximum absolute atomic E-state index is 9.94. The van der Waals surface area contributed by atoms with Gasteiger partial charge < -0.3 is 25.4 Å². The number of rotatable bonds is 9. The Hall–Kier alpha value is -0.560. The molecule has 0 fully saturated rings. The van der Waals surface area contributed by atoms with E-state index in [0.29, 0.717) is 22.2 Å². The van der Waals surface area contributed by atoms with Gasteiger partial charge in [0.2, 0.25) is 0 Å². The van der Waals surface area contributed by atoms with Crippen LogP contribution in [0.4, 0.5) is 0 Å². The van der Waals surface area contributed by atoms with Gasteiger partial charge in [0.15, 0.2) is 5.75 Å². The lowest BCUT2D eigenvalue weighted by molar-refractivity contribution is -0.736. The smallest absolute Gasteiger partial charge is 0.156 e. The van der Waals surface area contributed by atoms with Gasteiger partial charge in [-0.25, -0.2) is 0 Å². The van der Waals surface area contributed by atoms with E-state index < -0.39 is 11.6 Å². The van der Waals surface area contributed by atoms with Crippen LogP contribution in [-0.2, 0) is 0 Å². The van der Waals surface area contributed by atoms with Crippen LogP contribution in [0.25, 0.3) is 0 Å². The summed E-state index contributed by atoms with van der Waals surface area (Å²) >= 11 is 11.9. The molecule has 0 aromatic heterocycles. The Labute approximate surface area is 134 Å². The number of nitrogens with two attached hydrogens (primary N) is 1. The molecule has 5 nitrogen and oxygen atoms in total. The van der Waals surface area contributed by atoms with Gasteiger partial charge in [0.1, 0.15) is 38.0 Å². The first kappa shape index (κ1) is 18.5. The largest absolute Gasteiger partial charge is 0.488 e. The molecule has 120 valence electrons. The summed E-state index contributed by atoms with van der Waals surface area (Å²) in [7, 11) is 0. The lowest BCUT2D eigenvalue weighted by atomic mass is 9.98. The lowest BCUT2D eigenvalue weighted by Crippen LogP contribution is -3.00. The van der Waals surface area contributed by atoms with Crippen LogP contribution in [0.3, 0.4) is 0 Å². The van der Waals surface area contributed by atoms with E-state index in [9.17, 15) is 15.3 Å². The van der Waals surface area contributed by atoms with Crippen LogP contribution < -0.4 is 10.1 Å². The highest BCUT2D eigenvalue weighted by molar-refractivity contribution is 6.37. The summed E-state index contributed by atoms with van der Waals surface area (Å²) < 4.78 is 5.44. The summed E-state index contributed by atoms with van der Waals surface area (Å²) in [5, 5.41) is 31.1. The molecule has 0 radical (unpaired) electrons. The number of quaternary nitrogens is 1. The Morgan fingerprint density at radius 1 is 1.24 bits per heavy atom. The molecule has 1 aromatic rings. The first-order valence-electron chi connectivity index (χ1n) is 6.79. The quantitative estimate of drug-likeness (QED) is 0.526. The number of halogens is 2. The van der Waals surface area contributed by atoms with Crippen molar-refractivity contribution < 1.29 is 25.4 Å². The number of aliphatic hydroxyl groups is 3. The number of benzene rings is 1. The van der Waals surface area contributed by atoms with Crippen LogP contribution in [-0.4, -0.2) is 53.3 Å². The van der Waals surface area contributed by atoms with Gasteiger partial charge in [-0.1, -0.05) is 36.2 Å². The van der Waals surface area contributed by atoms with Gasteiger partial charge in [-0.15, -0.1) is 0 Å². The molecule has 0 aliphatic heterocycles. The minimum Gasteiger partial charge on any atom is -0.488 e. The van der Waals surface area contributed by atoms with Crippen molar-refractivity contribution in [3.8, 4) is 5.75 Å². The van der Waals surface area contributed by atoms with Crippen molar-refractivity contribution in [2.24, 2.45) is 0 Å². The van der Waals surface area contributed by atoms with Crippen molar-refractivity contribution >= 4 is 23.2 Å². The fourth-order valence-corrected chi connectivity index (χ4v) is 2.31. The molecule has 0 amide bonds.